The molecular formula is C19H29NO2. The number of nitrogens with zero attached hydrogens (tertiary/aromatic N) is 1. The van der Waals surface area contributed by atoms with E-state index in [-0.39, 0.29) is 11.6 Å². The summed E-state index contributed by atoms with van der Waals surface area (Å²) in [7, 11) is 0. The van der Waals surface area contributed by atoms with Gasteiger partial charge in [-0.1, -0.05) is 38.0 Å². The van der Waals surface area contributed by atoms with Gasteiger partial charge in [0, 0.05) is 5.56 Å². The van der Waals surface area contributed by atoms with Crippen LogP contribution in [0.2, 0.25) is 0 Å². The molecule has 2 aliphatic heterocycles. The summed E-state index contributed by atoms with van der Waals surface area (Å²) >= 11 is 0. The Morgan fingerprint density at radius 2 is 1.86 bits per heavy atom. The molecule has 0 bridgehead atoms. The van der Waals surface area contributed by atoms with Gasteiger partial charge in [-0.2, -0.15) is 0 Å². The fourth-order valence-corrected chi connectivity index (χ4v) is 4.13. The highest BCUT2D eigenvalue weighted by Crippen LogP contribution is 2.44. The number of fused-ring (bicyclic) bond motifs is 1. The van der Waals surface area contributed by atoms with Crippen LogP contribution in [0, 0.1) is 0 Å². The summed E-state index contributed by atoms with van der Waals surface area (Å²) in [5.41, 5.74) is 1.79. The number of rotatable bonds is 2. The molecule has 1 saturated heterocycles. The molecule has 122 valence electrons. The summed E-state index contributed by atoms with van der Waals surface area (Å²) in [5, 5.41) is 11.1. The Labute approximate surface area is 134 Å². The largest absolute Gasteiger partial charge is 0.485 e. The molecule has 0 saturated carbocycles. The van der Waals surface area contributed by atoms with Gasteiger partial charge in [0.1, 0.15) is 17.5 Å². The summed E-state index contributed by atoms with van der Waals surface area (Å²) in [6.07, 6.45) is 5.51. The van der Waals surface area contributed by atoms with Crippen molar-refractivity contribution in [3.63, 3.8) is 0 Å². The fraction of sp³-hybridized carbons (Fsp3) is 0.684. The molecule has 2 heterocycles. The van der Waals surface area contributed by atoms with Gasteiger partial charge < -0.3 is 9.84 Å². The van der Waals surface area contributed by atoms with E-state index in [1.807, 2.05) is 12.1 Å². The quantitative estimate of drug-likeness (QED) is 0.904. The molecule has 1 aromatic rings. The fourth-order valence-electron chi connectivity index (χ4n) is 4.13. The first-order valence-electron chi connectivity index (χ1n) is 8.77. The van der Waals surface area contributed by atoms with Crippen molar-refractivity contribution in [1.29, 1.82) is 0 Å². The molecule has 3 rings (SSSR count). The van der Waals surface area contributed by atoms with E-state index < -0.39 is 6.10 Å². The van der Waals surface area contributed by atoms with E-state index in [4.69, 9.17) is 4.74 Å². The van der Waals surface area contributed by atoms with Crippen LogP contribution < -0.4 is 4.74 Å². The molecule has 1 aromatic carbocycles. The Morgan fingerprint density at radius 3 is 2.50 bits per heavy atom. The monoisotopic (exact) mass is 303 g/mol. The Hall–Kier alpha value is -1.06. The number of aliphatic hydroxyl groups is 1. The average Bonchev–Trinajstić information content (AvgIpc) is 2.75. The second-order valence-electron chi connectivity index (χ2n) is 7.23. The molecule has 2 aliphatic rings. The molecule has 22 heavy (non-hydrogen) atoms. The number of para-hydroxylation sites is 1. The second-order valence-corrected chi connectivity index (χ2v) is 7.23. The Morgan fingerprint density at radius 1 is 1.18 bits per heavy atom. The van der Waals surface area contributed by atoms with Crippen molar-refractivity contribution in [2.45, 2.75) is 70.6 Å². The molecular weight excluding hydrogens is 274 g/mol. The summed E-state index contributed by atoms with van der Waals surface area (Å²) in [6.45, 7) is 8.52. The number of aliphatic hydroxyl groups excluding tert-OH is 1. The topological polar surface area (TPSA) is 32.7 Å². The number of likely N-dealkylation sites (tertiary alicyclic amines) is 1. The van der Waals surface area contributed by atoms with E-state index in [0.29, 0.717) is 0 Å². The number of ether oxygens (including phenoxy) is 1. The molecule has 2 unspecified atom stereocenters. The zero-order valence-corrected chi connectivity index (χ0v) is 14.1. The van der Waals surface area contributed by atoms with Crippen molar-refractivity contribution in [2.75, 3.05) is 13.1 Å². The van der Waals surface area contributed by atoms with E-state index >= 15 is 0 Å². The second kappa shape index (κ2) is 6.21. The standard InChI is InChI=1S/C19H29NO2/c1-4-14-10-9-11-15-16(21)18(19(2,3)22-17(14)15)20-12-7-5-6-8-13-20/h9-11,16,18,21H,4-8,12-13H2,1-3H3. The lowest BCUT2D eigenvalue weighted by atomic mass is 9.83. The van der Waals surface area contributed by atoms with Gasteiger partial charge in [-0.3, -0.25) is 4.90 Å². The van der Waals surface area contributed by atoms with Crippen LogP contribution >= 0.6 is 0 Å². The molecule has 0 radical (unpaired) electrons. The third-order valence-corrected chi connectivity index (χ3v) is 5.24. The minimum atomic E-state index is -0.469. The van der Waals surface area contributed by atoms with Gasteiger partial charge in [-0.25, -0.2) is 0 Å². The van der Waals surface area contributed by atoms with Crippen LogP contribution in [0.4, 0.5) is 0 Å². The first-order valence-corrected chi connectivity index (χ1v) is 8.77. The maximum absolute atomic E-state index is 11.1. The van der Waals surface area contributed by atoms with Crippen molar-refractivity contribution >= 4 is 0 Å². The SMILES string of the molecule is CCc1cccc2c1OC(C)(C)C(N1CCCCCC1)C2O. The summed E-state index contributed by atoms with van der Waals surface area (Å²) in [5.74, 6) is 0.911. The Bertz CT molecular complexity index is 518. The maximum atomic E-state index is 11.1. The third kappa shape index (κ3) is 2.77. The van der Waals surface area contributed by atoms with E-state index in [2.05, 4.69) is 31.7 Å². The zero-order chi connectivity index (χ0) is 15.7. The van der Waals surface area contributed by atoms with E-state index in [0.717, 1.165) is 30.8 Å². The predicted molar refractivity (Wildman–Crippen MR) is 89.3 cm³/mol. The number of hydrogen-bond donors (Lipinski definition) is 1. The summed E-state index contributed by atoms with van der Waals surface area (Å²) < 4.78 is 6.42. The Kier molecular flexibility index (Phi) is 4.47. The maximum Gasteiger partial charge on any atom is 0.129 e. The van der Waals surface area contributed by atoms with Crippen LogP contribution in [0.1, 0.15) is 63.7 Å². The zero-order valence-electron chi connectivity index (χ0n) is 14.1. The lowest BCUT2D eigenvalue weighted by Gasteiger charge is -2.48. The van der Waals surface area contributed by atoms with Gasteiger partial charge in [0.05, 0.1) is 6.04 Å². The van der Waals surface area contributed by atoms with Crippen molar-refractivity contribution in [2.24, 2.45) is 0 Å². The highest BCUT2D eigenvalue weighted by atomic mass is 16.5. The minimum absolute atomic E-state index is 0.0326. The van der Waals surface area contributed by atoms with Crippen molar-refractivity contribution in [1.82, 2.24) is 4.90 Å². The average molecular weight is 303 g/mol. The molecule has 3 nitrogen and oxygen atoms in total. The highest BCUT2D eigenvalue weighted by Gasteiger charge is 2.46. The van der Waals surface area contributed by atoms with Gasteiger partial charge in [-0.15, -0.1) is 0 Å². The minimum Gasteiger partial charge on any atom is -0.485 e. The van der Waals surface area contributed by atoms with Gasteiger partial charge in [0.15, 0.2) is 0 Å². The van der Waals surface area contributed by atoms with Crippen LogP contribution in [0.15, 0.2) is 18.2 Å². The highest BCUT2D eigenvalue weighted by molar-refractivity contribution is 5.46. The molecule has 1 N–H and O–H groups in total. The summed E-state index contributed by atoms with van der Waals surface area (Å²) in [6, 6.07) is 6.21. The number of aryl methyl sites for hydroxylation is 1. The van der Waals surface area contributed by atoms with E-state index in [1.54, 1.807) is 0 Å². The van der Waals surface area contributed by atoms with Crippen LogP contribution in [0.3, 0.4) is 0 Å². The van der Waals surface area contributed by atoms with Crippen LogP contribution in [0.5, 0.6) is 5.75 Å². The normalized spacial score (nSPS) is 28.5. The molecule has 0 amide bonds. The van der Waals surface area contributed by atoms with Crippen LogP contribution in [0.25, 0.3) is 0 Å². The molecule has 2 atom stereocenters. The van der Waals surface area contributed by atoms with Gasteiger partial charge in [-0.05, 0) is 51.8 Å². The molecule has 0 spiro atoms. The molecule has 0 aliphatic carbocycles. The molecule has 0 aromatic heterocycles. The van der Waals surface area contributed by atoms with Crippen molar-refractivity contribution < 1.29 is 9.84 Å². The van der Waals surface area contributed by atoms with Crippen LogP contribution in [-0.2, 0) is 6.42 Å². The molecule has 3 heteroatoms. The van der Waals surface area contributed by atoms with E-state index in [1.165, 1.54) is 31.2 Å². The number of hydrogen-bond acceptors (Lipinski definition) is 3. The predicted octanol–water partition coefficient (Wildman–Crippen LogP) is 3.70. The van der Waals surface area contributed by atoms with E-state index in [9.17, 15) is 5.11 Å². The lowest BCUT2D eigenvalue weighted by Crippen LogP contribution is -2.58. The smallest absolute Gasteiger partial charge is 0.129 e. The number of benzene rings is 1. The first kappa shape index (κ1) is 15.8. The van der Waals surface area contributed by atoms with Crippen molar-refractivity contribution in [3.8, 4) is 5.75 Å². The summed E-state index contributed by atoms with van der Waals surface area (Å²) in [4.78, 5) is 2.46. The molecule has 1 fully saturated rings. The van der Waals surface area contributed by atoms with Gasteiger partial charge in [0.2, 0.25) is 0 Å². The first-order chi connectivity index (χ1) is 10.5. The van der Waals surface area contributed by atoms with Crippen molar-refractivity contribution in [3.05, 3.63) is 29.3 Å². The third-order valence-electron chi connectivity index (χ3n) is 5.24. The Balaban J connectivity index is 1.97. The van der Waals surface area contributed by atoms with Crippen LogP contribution in [-0.4, -0.2) is 34.7 Å². The van der Waals surface area contributed by atoms with Gasteiger partial charge in [0.25, 0.3) is 0 Å². The lowest BCUT2D eigenvalue weighted by molar-refractivity contribution is -0.0822. The van der Waals surface area contributed by atoms with Gasteiger partial charge >= 0.3 is 0 Å².